The molecular formula is C32H27N5O6. The second-order valence-corrected chi connectivity index (χ2v) is 9.33. The Morgan fingerprint density at radius 2 is 1.53 bits per heavy atom. The van der Waals surface area contributed by atoms with E-state index in [1.165, 1.54) is 36.5 Å². The molecule has 11 nitrogen and oxygen atoms in total. The summed E-state index contributed by atoms with van der Waals surface area (Å²) in [5, 5.41) is 17.5. The number of nitro groups is 1. The summed E-state index contributed by atoms with van der Waals surface area (Å²) in [4.78, 5) is 50.6. The van der Waals surface area contributed by atoms with Crippen LogP contribution >= 0.6 is 0 Å². The van der Waals surface area contributed by atoms with Gasteiger partial charge in [0, 0.05) is 37.5 Å². The Balaban J connectivity index is 1.46. The molecule has 0 saturated heterocycles. The van der Waals surface area contributed by atoms with Crippen LogP contribution in [0.1, 0.15) is 31.8 Å². The average molecular weight is 578 g/mol. The van der Waals surface area contributed by atoms with E-state index >= 15 is 0 Å². The molecule has 0 bridgehead atoms. The smallest absolute Gasteiger partial charge is 0.343 e. The number of hydrogen-bond donors (Lipinski definition) is 2. The van der Waals surface area contributed by atoms with Crippen molar-refractivity contribution in [1.29, 1.82) is 0 Å². The highest BCUT2D eigenvalue weighted by Crippen LogP contribution is 2.17. The number of ether oxygens (including phenoxy) is 1. The molecule has 0 unspecified atom stereocenters. The standard InChI is InChI=1S/C32H27N5O6/c1-36(2)26-15-11-22(12-16-26)20-29(34-30(38)24-8-4-3-5-9-24)31(39)35-33-21-23-7-6-10-28(19-23)43-32(40)25-13-17-27(18-14-25)37(41)42/h3-21H,1-2H3,(H,34,38)(H,35,39)/b29-20-,33-21+. The molecule has 0 aliphatic rings. The predicted octanol–water partition coefficient (Wildman–Crippen LogP) is 4.80. The van der Waals surface area contributed by atoms with Crippen molar-refractivity contribution in [3.63, 3.8) is 0 Å². The fraction of sp³-hybridized carbons (Fsp3) is 0.0625. The molecule has 0 saturated carbocycles. The molecule has 0 aliphatic heterocycles. The predicted molar refractivity (Wildman–Crippen MR) is 163 cm³/mol. The van der Waals surface area contributed by atoms with E-state index in [9.17, 15) is 24.5 Å². The number of hydrazone groups is 1. The lowest BCUT2D eigenvalue weighted by molar-refractivity contribution is -0.384. The number of nitrogens with zero attached hydrogens (tertiary/aromatic N) is 3. The number of esters is 1. The fourth-order valence-corrected chi connectivity index (χ4v) is 3.75. The Morgan fingerprint density at radius 1 is 0.837 bits per heavy atom. The zero-order valence-corrected chi connectivity index (χ0v) is 23.3. The molecule has 0 spiro atoms. The number of carbonyl (C=O) groups is 3. The first-order valence-corrected chi connectivity index (χ1v) is 13.0. The highest BCUT2D eigenvalue weighted by molar-refractivity contribution is 6.05. The second-order valence-electron chi connectivity index (χ2n) is 9.33. The van der Waals surface area contributed by atoms with Crippen LogP contribution in [0, 0.1) is 10.1 Å². The number of hydrogen-bond acceptors (Lipinski definition) is 8. The van der Waals surface area contributed by atoms with Crippen LogP contribution in [0.5, 0.6) is 5.75 Å². The summed E-state index contributed by atoms with van der Waals surface area (Å²) in [6.07, 6.45) is 2.90. The lowest BCUT2D eigenvalue weighted by Gasteiger charge is -2.12. The van der Waals surface area contributed by atoms with Gasteiger partial charge in [-0.3, -0.25) is 19.7 Å². The SMILES string of the molecule is CN(C)c1ccc(/C=C(\NC(=O)c2ccccc2)C(=O)N/N=C/c2cccc(OC(=O)c3ccc([N+](=O)[O-])cc3)c2)cc1. The number of nitrogens with one attached hydrogen (secondary N) is 2. The maximum Gasteiger partial charge on any atom is 0.343 e. The van der Waals surface area contributed by atoms with Crippen molar-refractivity contribution in [2.75, 3.05) is 19.0 Å². The first-order chi connectivity index (χ1) is 20.7. The highest BCUT2D eigenvalue weighted by Gasteiger charge is 2.15. The number of carbonyl (C=O) groups excluding carboxylic acids is 3. The summed E-state index contributed by atoms with van der Waals surface area (Å²) >= 11 is 0. The minimum absolute atomic E-state index is 0.0191. The minimum Gasteiger partial charge on any atom is -0.423 e. The Bertz CT molecular complexity index is 1680. The Labute approximate surface area is 247 Å². The van der Waals surface area contributed by atoms with E-state index in [1.54, 1.807) is 54.6 Å². The largest absolute Gasteiger partial charge is 0.423 e. The number of amides is 2. The van der Waals surface area contributed by atoms with Crippen LogP contribution in [0.15, 0.2) is 114 Å². The molecule has 0 heterocycles. The summed E-state index contributed by atoms with van der Waals surface area (Å²) < 4.78 is 5.36. The van der Waals surface area contributed by atoms with Gasteiger partial charge in [0.1, 0.15) is 11.4 Å². The van der Waals surface area contributed by atoms with Gasteiger partial charge in [-0.25, -0.2) is 10.2 Å². The van der Waals surface area contributed by atoms with Gasteiger partial charge in [0.05, 0.1) is 16.7 Å². The van der Waals surface area contributed by atoms with E-state index in [0.29, 0.717) is 16.7 Å². The Morgan fingerprint density at radius 3 is 2.19 bits per heavy atom. The monoisotopic (exact) mass is 577 g/mol. The third-order valence-corrected chi connectivity index (χ3v) is 6.01. The van der Waals surface area contributed by atoms with Crippen molar-refractivity contribution in [3.8, 4) is 5.75 Å². The zero-order chi connectivity index (χ0) is 30.8. The van der Waals surface area contributed by atoms with Crippen LogP contribution < -0.4 is 20.4 Å². The van der Waals surface area contributed by atoms with Crippen molar-refractivity contribution in [1.82, 2.24) is 10.7 Å². The van der Waals surface area contributed by atoms with Crippen LogP contribution in [0.4, 0.5) is 11.4 Å². The quantitative estimate of drug-likeness (QED) is 0.0688. The van der Waals surface area contributed by atoms with Crippen molar-refractivity contribution < 1.29 is 24.0 Å². The van der Waals surface area contributed by atoms with Crippen LogP contribution in [0.3, 0.4) is 0 Å². The van der Waals surface area contributed by atoms with E-state index in [4.69, 9.17) is 4.74 Å². The molecule has 4 aromatic rings. The fourth-order valence-electron chi connectivity index (χ4n) is 3.75. The first-order valence-electron chi connectivity index (χ1n) is 13.0. The van der Waals surface area contributed by atoms with Crippen LogP contribution in [-0.2, 0) is 4.79 Å². The van der Waals surface area contributed by atoms with Gasteiger partial charge in [-0.1, -0.05) is 42.5 Å². The lowest BCUT2D eigenvalue weighted by atomic mass is 10.1. The maximum atomic E-state index is 13.1. The normalized spacial score (nSPS) is 11.1. The van der Waals surface area contributed by atoms with Gasteiger partial charge in [-0.15, -0.1) is 0 Å². The van der Waals surface area contributed by atoms with Crippen LogP contribution in [0.2, 0.25) is 0 Å². The van der Waals surface area contributed by atoms with Gasteiger partial charge >= 0.3 is 5.97 Å². The van der Waals surface area contributed by atoms with E-state index in [0.717, 1.165) is 5.69 Å². The molecule has 216 valence electrons. The van der Waals surface area contributed by atoms with Crippen molar-refractivity contribution in [3.05, 3.63) is 141 Å². The Hall–Kier alpha value is -6.10. The number of anilines is 1. The molecule has 2 N–H and O–H groups in total. The Kier molecular flexibility index (Phi) is 9.72. The molecule has 4 aromatic carbocycles. The third-order valence-electron chi connectivity index (χ3n) is 6.01. The molecule has 0 atom stereocenters. The summed E-state index contributed by atoms with van der Waals surface area (Å²) in [5.74, 6) is -1.60. The van der Waals surface area contributed by atoms with Crippen LogP contribution in [-0.4, -0.2) is 43.0 Å². The number of rotatable bonds is 10. The second kappa shape index (κ2) is 14.0. The van der Waals surface area contributed by atoms with Gasteiger partial charge in [-0.05, 0) is 65.7 Å². The summed E-state index contributed by atoms with van der Waals surface area (Å²) in [6, 6.07) is 27.4. The zero-order valence-electron chi connectivity index (χ0n) is 23.3. The molecule has 0 aliphatic carbocycles. The van der Waals surface area contributed by atoms with Gasteiger partial charge in [0.25, 0.3) is 17.5 Å². The summed E-state index contributed by atoms with van der Waals surface area (Å²) in [7, 11) is 3.83. The van der Waals surface area contributed by atoms with Crippen molar-refractivity contribution >= 4 is 41.4 Å². The molecule has 0 fully saturated rings. The number of nitro benzene ring substituents is 1. The van der Waals surface area contributed by atoms with Gasteiger partial charge in [-0.2, -0.15) is 5.10 Å². The molecule has 11 heteroatoms. The van der Waals surface area contributed by atoms with E-state index in [-0.39, 0.29) is 22.7 Å². The lowest BCUT2D eigenvalue weighted by Crippen LogP contribution is -2.32. The molecule has 2 amide bonds. The molecule has 4 rings (SSSR count). The number of benzene rings is 4. The third kappa shape index (κ3) is 8.44. The molecule has 0 radical (unpaired) electrons. The molecule has 0 aromatic heterocycles. The van der Waals surface area contributed by atoms with Crippen molar-refractivity contribution in [2.45, 2.75) is 0 Å². The highest BCUT2D eigenvalue weighted by atomic mass is 16.6. The van der Waals surface area contributed by atoms with Crippen molar-refractivity contribution in [2.24, 2.45) is 5.10 Å². The van der Waals surface area contributed by atoms with Crippen LogP contribution in [0.25, 0.3) is 6.08 Å². The number of non-ortho nitro benzene ring substituents is 1. The maximum absolute atomic E-state index is 13.1. The van der Waals surface area contributed by atoms with Gasteiger partial charge < -0.3 is 15.0 Å². The molecular weight excluding hydrogens is 550 g/mol. The molecule has 43 heavy (non-hydrogen) atoms. The minimum atomic E-state index is -0.695. The topological polar surface area (TPSA) is 143 Å². The summed E-state index contributed by atoms with van der Waals surface area (Å²) in [6.45, 7) is 0. The van der Waals surface area contributed by atoms with Gasteiger partial charge in [0.2, 0.25) is 0 Å². The van der Waals surface area contributed by atoms with E-state index < -0.39 is 22.7 Å². The van der Waals surface area contributed by atoms with E-state index in [1.807, 2.05) is 43.3 Å². The first kappa shape index (κ1) is 29.9. The average Bonchev–Trinajstić information content (AvgIpc) is 3.01. The van der Waals surface area contributed by atoms with E-state index in [2.05, 4.69) is 15.8 Å². The summed E-state index contributed by atoms with van der Waals surface area (Å²) in [5.41, 5.74) is 4.95. The van der Waals surface area contributed by atoms with Gasteiger partial charge in [0.15, 0.2) is 0 Å².